The Morgan fingerprint density at radius 1 is 1.19 bits per heavy atom. The molecule has 0 saturated heterocycles. The zero-order valence-electron chi connectivity index (χ0n) is 10.1. The number of halogens is 1. The minimum Gasteiger partial charge on any atom is -0.253 e. The molecule has 1 aromatic carbocycles. The SMILES string of the molecule is Cc1ccc2ncc(F)c(C(C)(C)C)c2c1. The maximum absolute atomic E-state index is 13.9. The lowest BCUT2D eigenvalue weighted by Crippen LogP contribution is -2.14. The van der Waals surface area contributed by atoms with E-state index in [2.05, 4.69) is 4.98 Å². The van der Waals surface area contributed by atoms with Crippen LogP contribution < -0.4 is 0 Å². The maximum atomic E-state index is 13.9. The number of aromatic nitrogens is 1. The van der Waals surface area contributed by atoms with Gasteiger partial charge in [0.15, 0.2) is 0 Å². The molecular weight excluding hydrogens is 201 g/mol. The highest BCUT2D eigenvalue weighted by atomic mass is 19.1. The van der Waals surface area contributed by atoms with E-state index in [4.69, 9.17) is 0 Å². The van der Waals surface area contributed by atoms with Crippen LogP contribution >= 0.6 is 0 Å². The minimum absolute atomic E-state index is 0.209. The van der Waals surface area contributed by atoms with E-state index in [-0.39, 0.29) is 11.2 Å². The van der Waals surface area contributed by atoms with Crippen LogP contribution in [0.1, 0.15) is 31.9 Å². The van der Waals surface area contributed by atoms with Gasteiger partial charge in [0.1, 0.15) is 5.82 Å². The minimum atomic E-state index is -0.217. The summed E-state index contributed by atoms with van der Waals surface area (Å²) in [5.41, 5.74) is 2.53. The molecule has 0 bridgehead atoms. The number of aryl methyl sites for hydroxylation is 1. The van der Waals surface area contributed by atoms with Gasteiger partial charge in [-0.15, -0.1) is 0 Å². The first kappa shape index (κ1) is 11.1. The number of hydrogen-bond donors (Lipinski definition) is 0. The summed E-state index contributed by atoms with van der Waals surface area (Å²) in [6.45, 7) is 8.07. The van der Waals surface area contributed by atoms with E-state index >= 15 is 0 Å². The van der Waals surface area contributed by atoms with Crippen LogP contribution in [0.25, 0.3) is 10.9 Å². The van der Waals surface area contributed by atoms with Crippen molar-refractivity contribution in [2.75, 3.05) is 0 Å². The molecular formula is C14H16FN. The molecule has 1 aromatic heterocycles. The molecule has 2 rings (SSSR count). The molecule has 2 heteroatoms. The Hall–Kier alpha value is -1.44. The molecule has 0 unspecified atom stereocenters. The summed E-state index contributed by atoms with van der Waals surface area (Å²) in [6.07, 6.45) is 1.32. The van der Waals surface area contributed by atoms with Gasteiger partial charge in [-0.1, -0.05) is 32.4 Å². The molecule has 16 heavy (non-hydrogen) atoms. The molecule has 84 valence electrons. The largest absolute Gasteiger partial charge is 0.253 e. The van der Waals surface area contributed by atoms with E-state index in [9.17, 15) is 4.39 Å². The summed E-state index contributed by atoms with van der Waals surface area (Å²) in [5.74, 6) is -0.217. The lowest BCUT2D eigenvalue weighted by Gasteiger charge is -2.21. The van der Waals surface area contributed by atoms with E-state index in [1.807, 2.05) is 45.9 Å². The normalized spacial score (nSPS) is 12.1. The monoisotopic (exact) mass is 217 g/mol. The van der Waals surface area contributed by atoms with Gasteiger partial charge in [-0.2, -0.15) is 0 Å². The van der Waals surface area contributed by atoms with Crippen molar-refractivity contribution in [3.8, 4) is 0 Å². The van der Waals surface area contributed by atoms with Gasteiger partial charge in [-0.05, 0) is 24.5 Å². The highest BCUT2D eigenvalue weighted by Gasteiger charge is 2.21. The number of pyridine rings is 1. The molecule has 0 amide bonds. The third-order valence-corrected chi connectivity index (χ3v) is 2.73. The number of fused-ring (bicyclic) bond motifs is 1. The predicted molar refractivity (Wildman–Crippen MR) is 65.1 cm³/mol. The van der Waals surface area contributed by atoms with Crippen molar-refractivity contribution in [3.05, 3.63) is 41.3 Å². The van der Waals surface area contributed by atoms with E-state index in [1.54, 1.807) is 0 Å². The molecule has 0 aliphatic carbocycles. The van der Waals surface area contributed by atoms with Gasteiger partial charge in [-0.25, -0.2) is 4.39 Å². The maximum Gasteiger partial charge on any atom is 0.145 e. The van der Waals surface area contributed by atoms with Crippen molar-refractivity contribution in [3.63, 3.8) is 0 Å². The third kappa shape index (κ3) is 1.80. The van der Waals surface area contributed by atoms with Gasteiger partial charge in [0, 0.05) is 10.9 Å². The van der Waals surface area contributed by atoms with Crippen LogP contribution in [-0.2, 0) is 5.41 Å². The quantitative estimate of drug-likeness (QED) is 0.650. The molecule has 1 heterocycles. The molecule has 0 fully saturated rings. The van der Waals surface area contributed by atoms with Crippen LogP contribution in [0.3, 0.4) is 0 Å². The summed E-state index contributed by atoms with van der Waals surface area (Å²) in [4.78, 5) is 4.12. The molecule has 0 saturated carbocycles. The fourth-order valence-electron chi connectivity index (χ4n) is 2.04. The average Bonchev–Trinajstić information content (AvgIpc) is 2.14. The number of benzene rings is 1. The second-order valence-electron chi connectivity index (χ2n) is 5.25. The Labute approximate surface area is 95.3 Å². The smallest absolute Gasteiger partial charge is 0.145 e. The highest BCUT2D eigenvalue weighted by Crippen LogP contribution is 2.31. The average molecular weight is 217 g/mol. The van der Waals surface area contributed by atoms with Gasteiger partial charge < -0.3 is 0 Å². The summed E-state index contributed by atoms with van der Waals surface area (Å²) < 4.78 is 13.9. The van der Waals surface area contributed by atoms with Crippen LogP contribution in [0, 0.1) is 12.7 Å². The summed E-state index contributed by atoms with van der Waals surface area (Å²) >= 11 is 0. The topological polar surface area (TPSA) is 12.9 Å². The Kier molecular flexibility index (Phi) is 2.45. The van der Waals surface area contributed by atoms with E-state index in [0.717, 1.165) is 22.0 Å². The predicted octanol–water partition coefficient (Wildman–Crippen LogP) is 3.98. The molecule has 0 radical (unpaired) electrons. The summed E-state index contributed by atoms with van der Waals surface area (Å²) in [7, 11) is 0. The fraction of sp³-hybridized carbons (Fsp3) is 0.357. The molecule has 1 nitrogen and oxygen atoms in total. The first-order valence-corrected chi connectivity index (χ1v) is 5.45. The van der Waals surface area contributed by atoms with Crippen LogP contribution in [-0.4, -0.2) is 4.98 Å². The highest BCUT2D eigenvalue weighted by molar-refractivity contribution is 5.83. The second-order valence-corrected chi connectivity index (χ2v) is 5.25. The van der Waals surface area contributed by atoms with Crippen molar-refractivity contribution in [1.82, 2.24) is 4.98 Å². The molecule has 0 spiro atoms. The summed E-state index contributed by atoms with van der Waals surface area (Å²) in [6, 6.07) is 5.95. The fourth-order valence-corrected chi connectivity index (χ4v) is 2.04. The lowest BCUT2D eigenvalue weighted by atomic mass is 9.84. The number of rotatable bonds is 0. The first-order chi connectivity index (χ1) is 7.39. The van der Waals surface area contributed by atoms with Crippen molar-refractivity contribution < 1.29 is 4.39 Å². The van der Waals surface area contributed by atoms with Crippen molar-refractivity contribution in [2.45, 2.75) is 33.1 Å². The van der Waals surface area contributed by atoms with E-state index < -0.39 is 0 Å². The zero-order valence-corrected chi connectivity index (χ0v) is 10.1. The second kappa shape index (κ2) is 3.55. The van der Waals surface area contributed by atoms with Crippen LogP contribution in [0.4, 0.5) is 4.39 Å². The van der Waals surface area contributed by atoms with Crippen LogP contribution in [0.15, 0.2) is 24.4 Å². The van der Waals surface area contributed by atoms with Crippen LogP contribution in [0.5, 0.6) is 0 Å². The molecule has 0 aliphatic heterocycles. The zero-order chi connectivity index (χ0) is 11.9. The standard InChI is InChI=1S/C14H16FN/c1-9-5-6-12-10(7-9)13(14(2,3)4)11(15)8-16-12/h5-8H,1-4H3. The Morgan fingerprint density at radius 3 is 2.50 bits per heavy atom. The molecule has 0 atom stereocenters. The van der Waals surface area contributed by atoms with Crippen molar-refractivity contribution in [2.24, 2.45) is 0 Å². The van der Waals surface area contributed by atoms with Gasteiger partial charge in [0.2, 0.25) is 0 Å². The molecule has 2 aromatic rings. The third-order valence-electron chi connectivity index (χ3n) is 2.73. The summed E-state index contributed by atoms with van der Waals surface area (Å²) in [5, 5.41) is 0.924. The first-order valence-electron chi connectivity index (χ1n) is 5.45. The van der Waals surface area contributed by atoms with Gasteiger partial charge >= 0.3 is 0 Å². The Morgan fingerprint density at radius 2 is 1.88 bits per heavy atom. The van der Waals surface area contributed by atoms with Gasteiger partial charge in [-0.3, -0.25) is 4.98 Å². The number of hydrogen-bond acceptors (Lipinski definition) is 1. The Balaban J connectivity index is 2.88. The number of nitrogens with zero attached hydrogens (tertiary/aromatic N) is 1. The van der Waals surface area contributed by atoms with Gasteiger partial charge in [0.05, 0.1) is 11.7 Å². The molecule has 0 N–H and O–H groups in total. The van der Waals surface area contributed by atoms with E-state index in [1.165, 1.54) is 6.20 Å². The molecule has 0 aliphatic rings. The van der Waals surface area contributed by atoms with Crippen molar-refractivity contribution in [1.29, 1.82) is 0 Å². The van der Waals surface area contributed by atoms with Gasteiger partial charge in [0.25, 0.3) is 0 Å². The Bertz CT molecular complexity index is 533. The van der Waals surface area contributed by atoms with Crippen LogP contribution in [0.2, 0.25) is 0 Å². The lowest BCUT2D eigenvalue weighted by molar-refractivity contribution is 0.525. The van der Waals surface area contributed by atoms with E-state index in [0.29, 0.717) is 0 Å². The van der Waals surface area contributed by atoms with Crippen molar-refractivity contribution >= 4 is 10.9 Å².